The molecule has 0 radical (unpaired) electrons. The molecule has 0 spiro atoms. The molecule has 1 atom stereocenters. The van der Waals surface area contributed by atoms with Gasteiger partial charge in [-0.3, -0.25) is 9.69 Å². The number of hydrogen-bond donors (Lipinski definition) is 2. The minimum Gasteiger partial charge on any atom is -0.392 e. The molecule has 20 heavy (non-hydrogen) atoms. The van der Waals surface area contributed by atoms with Gasteiger partial charge in [0.05, 0.1) is 11.0 Å². The summed E-state index contributed by atoms with van der Waals surface area (Å²) in [5.74, 6) is 0.0694. The molecule has 1 fully saturated rings. The summed E-state index contributed by atoms with van der Waals surface area (Å²) in [6.07, 6.45) is 5.64. The van der Waals surface area contributed by atoms with Crippen LogP contribution in [0, 0.1) is 0 Å². The first-order chi connectivity index (χ1) is 9.26. The molecule has 0 aromatic rings. The van der Waals surface area contributed by atoms with Crippen LogP contribution in [0.3, 0.4) is 0 Å². The molecular formula is C15H29N3OS. The van der Waals surface area contributed by atoms with Crippen molar-refractivity contribution in [2.24, 2.45) is 5.73 Å². The van der Waals surface area contributed by atoms with E-state index in [-0.39, 0.29) is 17.5 Å². The van der Waals surface area contributed by atoms with Crippen LogP contribution in [0.4, 0.5) is 0 Å². The molecule has 1 unspecified atom stereocenters. The lowest BCUT2D eigenvalue weighted by atomic mass is 10.0. The molecular weight excluding hydrogens is 270 g/mol. The molecule has 4 nitrogen and oxygen atoms in total. The van der Waals surface area contributed by atoms with Gasteiger partial charge in [0.2, 0.25) is 5.91 Å². The minimum absolute atomic E-state index is 0.0694. The number of nitrogens with two attached hydrogens (primary N) is 1. The van der Waals surface area contributed by atoms with Gasteiger partial charge < -0.3 is 11.1 Å². The highest BCUT2D eigenvalue weighted by molar-refractivity contribution is 7.80. The predicted molar refractivity (Wildman–Crippen MR) is 87.7 cm³/mol. The maximum atomic E-state index is 12.5. The molecule has 0 aliphatic heterocycles. The van der Waals surface area contributed by atoms with Gasteiger partial charge in [-0.15, -0.1) is 0 Å². The van der Waals surface area contributed by atoms with Gasteiger partial charge in [0.25, 0.3) is 0 Å². The van der Waals surface area contributed by atoms with Gasteiger partial charge in [-0.05, 0) is 40.0 Å². The smallest absolute Gasteiger partial charge is 0.237 e. The van der Waals surface area contributed by atoms with E-state index in [0.717, 1.165) is 19.3 Å². The number of rotatable bonds is 7. The average molecular weight is 299 g/mol. The quantitative estimate of drug-likeness (QED) is 0.708. The third-order valence-corrected chi connectivity index (χ3v) is 4.48. The number of hydrogen-bond acceptors (Lipinski definition) is 3. The van der Waals surface area contributed by atoms with E-state index >= 15 is 0 Å². The zero-order chi connectivity index (χ0) is 15.3. The normalized spacial score (nSPS) is 18.2. The Labute approximate surface area is 128 Å². The summed E-state index contributed by atoms with van der Waals surface area (Å²) >= 11 is 5.05. The second-order valence-corrected chi connectivity index (χ2v) is 7.00. The minimum atomic E-state index is -0.189. The fourth-order valence-electron chi connectivity index (χ4n) is 2.68. The second-order valence-electron chi connectivity index (χ2n) is 6.48. The lowest BCUT2D eigenvalue weighted by Crippen LogP contribution is -2.55. The van der Waals surface area contributed by atoms with Crippen molar-refractivity contribution in [3.8, 4) is 0 Å². The molecule has 116 valence electrons. The number of nitrogens with zero attached hydrogens (tertiary/aromatic N) is 1. The second kappa shape index (κ2) is 7.36. The van der Waals surface area contributed by atoms with E-state index in [1.165, 1.54) is 12.8 Å². The topological polar surface area (TPSA) is 58.4 Å². The molecule has 1 saturated carbocycles. The Kier molecular flexibility index (Phi) is 6.40. The molecule has 0 bridgehead atoms. The van der Waals surface area contributed by atoms with Crippen molar-refractivity contribution in [2.45, 2.75) is 77.4 Å². The highest BCUT2D eigenvalue weighted by atomic mass is 32.1. The Hall–Kier alpha value is -0.680. The van der Waals surface area contributed by atoms with Crippen molar-refractivity contribution in [2.75, 3.05) is 6.54 Å². The number of nitrogens with one attached hydrogen (secondary N) is 1. The summed E-state index contributed by atoms with van der Waals surface area (Å²) in [7, 11) is 0. The van der Waals surface area contributed by atoms with Gasteiger partial charge in [-0.1, -0.05) is 32.0 Å². The number of carbonyl (C=O) groups is 1. The summed E-state index contributed by atoms with van der Waals surface area (Å²) in [6, 6.07) is 0.243. The van der Waals surface area contributed by atoms with Gasteiger partial charge >= 0.3 is 0 Å². The highest BCUT2D eigenvalue weighted by Crippen LogP contribution is 2.25. The first kappa shape index (κ1) is 17.4. The third-order valence-electron chi connectivity index (χ3n) is 4.35. The number of carbonyl (C=O) groups excluding carboxylic acids is 1. The van der Waals surface area contributed by atoms with E-state index in [1.54, 1.807) is 0 Å². The van der Waals surface area contributed by atoms with Gasteiger partial charge in [0, 0.05) is 18.1 Å². The summed E-state index contributed by atoms with van der Waals surface area (Å²) in [5.41, 5.74) is 5.54. The molecule has 1 rings (SSSR count). The Morgan fingerprint density at radius 3 is 2.45 bits per heavy atom. The summed E-state index contributed by atoms with van der Waals surface area (Å²) < 4.78 is 0. The summed E-state index contributed by atoms with van der Waals surface area (Å²) in [6.45, 7) is 8.66. The summed E-state index contributed by atoms with van der Waals surface area (Å²) in [4.78, 5) is 15.1. The van der Waals surface area contributed by atoms with Crippen LogP contribution < -0.4 is 11.1 Å². The third kappa shape index (κ3) is 5.02. The molecule has 5 heteroatoms. The van der Waals surface area contributed by atoms with Gasteiger partial charge in [-0.25, -0.2) is 0 Å². The van der Waals surface area contributed by atoms with Crippen molar-refractivity contribution >= 4 is 23.1 Å². The summed E-state index contributed by atoms with van der Waals surface area (Å²) in [5, 5.41) is 3.12. The van der Waals surface area contributed by atoms with Gasteiger partial charge in [0.15, 0.2) is 0 Å². The van der Waals surface area contributed by atoms with Crippen LogP contribution in [-0.4, -0.2) is 40.0 Å². The fourth-order valence-corrected chi connectivity index (χ4v) is 2.82. The number of amides is 1. The molecule has 3 N–H and O–H groups in total. The Bertz CT molecular complexity index is 351. The predicted octanol–water partition coefficient (Wildman–Crippen LogP) is 2.21. The van der Waals surface area contributed by atoms with Crippen molar-refractivity contribution in [1.82, 2.24) is 10.2 Å². The highest BCUT2D eigenvalue weighted by Gasteiger charge is 2.32. The Morgan fingerprint density at radius 1 is 1.45 bits per heavy atom. The van der Waals surface area contributed by atoms with E-state index in [1.807, 2.05) is 20.8 Å². The lowest BCUT2D eigenvalue weighted by molar-refractivity contribution is -0.128. The molecule has 0 aromatic heterocycles. The Balaban J connectivity index is 2.73. The Morgan fingerprint density at radius 2 is 2.00 bits per heavy atom. The maximum absolute atomic E-state index is 12.5. The van der Waals surface area contributed by atoms with Crippen molar-refractivity contribution in [3.63, 3.8) is 0 Å². The van der Waals surface area contributed by atoms with E-state index in [4.69, 9.17) is 18.0 Å². The molecule has 1 aliphatic carbocycles. The van der Waals surface area contributed by atoms with E-state index in [9.17, 15) is 4.79 Å². The largest absolute Gasteiger partial charge is 0.392 e. The van der Waals surface area contributed by atoms with Crippen LogP contribution in [0.5, 0.6) is 0 Å². The first-order valence-corrected chi connectivity index (χ1v) is 8.03. The first-order valence-electron chi connectivity index (χ1n) is 7.63. The molecule has 0 aromatic carbocycles. The lowest BCUT2D eigenvalue weighted by Gasteiger charge is -2.35. The molecule has 1 aliphatic rings. The van der Waals surface area contributed by atoms with E-state index in [0.29, 0.717) is 17.6 Å². The van der Waals surface area contributed by atoms with Crippen LogP contribution in [0.15, 0.2) is 0 Å². The standard InChI is InChI=1S/C15H29N3OS/c1-5-15(3,4)17-14(19)11(2)18(10-13(16)20)12-8-6-7-9-12/h11-12H,5-10H2,1-4H3,(H2,16,20)(H,17,19). The zero-order valence-corrected chi connectivity index (χ0v) is 14.1. The molecule has 0 heterocycles. The van der Waals surface area contributed by atoms with Crippen LogP contribution in [0.1, 0.15) is 59.8 Å². The van der Waals surface area contributed by atoms with E-state index in [2.05, 4.69) is 17.1 Å². The molecule has 0 saturated heterocycles. The van der Waals surface area contributed by atoms with Crippen LogP contribution in [-0.2, 0) is 4.79 Å². The van der Waals surface area contributed by atoms with Crippen molar-refractivity contribution < 1.29 is 4.79 Å². The average Bonchev–Trinajstić information content (AvgIpc) is 2.88. The monoisotopic (exact) mass is 299 g/mol. The fraction of sp³-hybridized carbons (Fsp3) is 0.867. The van der Waals surface area contributed by atoms with Crippen molar-refractivity contribution in [3.05, 3.63) is 0 Å². The van der Waals surface area contributed by atoms with E-state index < -0.39 is 0 Å². The van der Waals surface area contributed by atoms with Crippen LogP contribution in [0.25, 0.3) is 0 Å². The number of thiocarbonyl (C=S) groups is 1. The maximum Gasteiger partial charge on any atom is 0.237 e. The molecule has 1 amide bonds. The zero-order valence-electron chi connectivity index (χ0n) is 13.2. The SMILES string of the molecule is CCC(C)(C)NC(=O)C(C)N(CC(N)=S)C1CCCC1. The van der Waals surface area contributed by atoms with Crippen molar-refractivity contribution in [1.29, 1.82) is 0 Å². The van der Waals surface area contributed by atoms with Crippen LogP contribution in [0.2, 0.25) is 0 Å². The van der Waals surface area contributed by atoms with Gasteiger partial charge in [0.1, 0.15) is 0 Å². The van der Waals surface area contributed by atoms with Gasteiger partial charge in [-0.2, -0.15) is 0 Å². The van der Waals surface area contributed by atoms with Crippen LogP contribution >= 0.6 is 12.2 Å².